The van der Waals surface area contributed by atoms with Crippen LogP contribution in [0.4, 0.5) is 0 Å². The van der Waals surface area contributed by atoms with Crippen molar-refractivity contribution in [1.82, 2.24) is 0 Å². The minimum atomic E-state index is -1.61. The van der Waals surface area contributed by atoms with Crippen molar-refractivity contribution in [2.45, 2.75) is 102 Å². The van der Waals surface area contributed by atoms with E-state index in [4.69, 9.17) is 19.9 Å². The second-order valence-electron chi connectivity index (χ2n) is 12.4. The first-order valence-corrected chi connectivity index (χ1v) is 15.1. The molecule has 0 aliphatic carbocycles. The molecule has 2 unspecified atom stereocenters. The van der Waals surface area contributed by atoms with E-state index in [9.17, 15) is 9.59 Å². The number of hydrogen-bond donors (Lipinski definition) is 1. The van der Waals surface area contributed by atoms with Gasteiger partial charge in [-0.2, -0.15) is 0 Å². The Morgan fingerprint density at radius 3 is 1.93 bits per heavy atom. The van der Waals surface area contributed by atoms with Gasteiger partial charge in [-0.1, -0.05) is 74.5 Å². The van der Waals surface area contributed by atoms with Gasteiger partial charge >= 0.3 is 11.9 Å². The summed E-state index contributed by atoms with van der Waals surface area (Å²) in [6.45, 7) is 8.17. The molecule has 216 valence electrons. The van der Waals surface area contributed by atoms with Crippen LogP contribution in [0.15, 0.2) is 60.7 Å². The first-order valence-electron chi connectivity index (χ1n) is 15.1. The van der Waals surface area contributed by atoms with Crippen LogP contribution in [0.3, 0.4) is 0 Å². The Kier molecular flexibility index (Phi) is 8.64. The Hall–Kier alpha value is -2.74. The number of quaternary nitrogens is 1. The molecule has 0 saturated carbocycles. The number of hydrogen-bond acceptors (Lipinski definition) is 6. The maximum Gasteiger partial charge on any atom is 0.348 e. The lowest BCUT2D eigenvalue weighted by atomic mass is 9.85. The van der Waals surface area contributed by atoms with Crippen LogP contribution >= 0.6 is 0 Å². The number of benzene rings is 2. The van der Waals surface area contributed by atoms with Gasteiger partial charge in [-0.05, 0) is 30.4 Å². The van der Waals surface area contributed by atoms with E-state index < -0.39 is 29.9 Å². The van der Waals surface area contributed by atoms with Crippen LogP contribution in [0.1, 0.15) is 76.8 Å². The van der Waals surface area contributed by atoms with Crippen LogP contribution in [-0.4, -0.2) is 60.0 Å². The first kappa shape index (κ1) is 28.8. The summed E-state index contributed by atoms with van der Waals surface area (Å²) in [6.07, 6.45) is 6.08. The topological polar surface area (TPSA) is 87.9 Å². The Balaban J connectivity index is 1.43. The zero-order valence-corrected chi connectivity index (χ0v) is 24.2. The van der Waals surface area contributed by atoms with E-state index in [0.29, 0.717) is 29.6 Å². The van der Waals surface area contributed by atoms with Crippen LogP contribution in [0.5, 0.6) is 0 Å². The minimum Gasteiger partial charge on any atom is -0.459 e. The molecule has 4 atom stereocenters. The lowest BCUT2D eigenvalue weighted by Crippen LogP contribution is -2.60. The van der Waals surface area contributed by atoms with E-state index in [2.05, 4.69) is 0 Å². The van der Waals surface area contributed by atoms with Crippen molar-refractivity contribution in [3.8, 4) is 0 Å². The summed E-state index contributed by atoms with van der Waals surface area (Å²) >= 11 is 0. The molecule has 2 aromatic rings. The van der Waals surface area contributed by atoms with Crippen LogP contribution in [-0.2, 0) is 29.4 Å². The molecule has 7 nitrogen and oxygen atoms in total. The smallest absolute Gasteiger partial charge is 0.348 e. The molecule has 5 rings (SSSR count). The fourth-order valence-corrected chi connectivity index (χ4v) is 7.60. The average molecular weight is 550 g/mol. The molecule has 0 amide bonds. The van der Waals surface area contributed by atoms with E-state index in [1.54, 1.807) is 6.92 Å². The highest BCUT2D eigenvalue weighted by Crippen LogP contribution is 2.47. The maximum absolute atomic E-state index is 14.5. The fraction of sp³-hybridized carbons (Fsp3) is 0.576. The number of carbonyl (C=O) groups excluding carboxylic acids is 2. The Bertz CT molecular complexity index is 1090. The van der Waals surface area contributed by atoms with Crippen molar-refractivity contribution in [3.05, 3.63) is 71.8 Å². The quantitative estimate of drug-likeness (QED) is 0.253. The fourth-order valence-electron chi connectivity index (χ4n) is 7.60. The minimum absolute atomic E-state index is 0.165. The van der Waals surface area contributed by atoms with Gasteiger partial charge in [0.15, 0.2) is 0 Å². The normalized spacial score (nSPS) is 25.1. The zero-order chi connectivity index (χ0) is 28.3. The molecule has 2 aromatic carbocycles. The molecule has 2 bridgehead atoms. The molecule has 2 N–H and O–H groups in total. The summed E-state index contributed by atoms with van der Waals surface area (Å²) in [4.78, 5) is 27.3. The number of nitrogens with zero attached hydrogens (tertiary/aromatic N) is 1. The monoisotopic (exact) mass is 549 g/mol. The SMILES string of the molecule is CC(C)C[C@H](N)C(=O)O[C@@H](C)OC(C(=O)OC1CC2CCC(C1)[N+]21CCCC1)(c1ccccc1)c1ccccc1. The summed E-state index contributed by atoms with van der Waals surface area (Å²) in [5, 5.41) is 0. The predicted molar refractivity (Wildman–Crippen MR) is 153 cm³/mol. The second kappa shape index (κ2) is 12.0. The molecule has 3 fully saturated rings. The van der Waals surface area contributed by atoms with Gasteiger partial charge in [0.2, 0.25) is 11.9 Å². The van der Waals surface area contributed by atoms with E-state index >= 15 is 0 Å². The van der Waals surface area contributed by atoms with Gasteiger partial charge in [-0.15, -0.1) is 0 Å². The van der Waals surface area contributed by atoms with Crippen molar-refractivity contribution in [2.24, 2.45) is 11.7 Å². The summed E-state index contributed by atoms with van der Waals surface area (Å²) in [5.41, 5.74) is 5.74. The molecule has 40 heavy (non-hydrogen) atoms. The van der Waals surface area contributed by atoms with Crippen LogP contribution in [0, 0.1) is 5.92 Å². The van der Waals surface area contributed by atoms with E-state index in [1.807, 2.05) is 74.5 Å². The highest BCUT2D eigenvalue weighted by molar-refractivity contribution is 5.86. The van der Waals surface area contributed by atoms with Crippen molar-refractivity contribution in [1.29, 1.82) is 0 Å². The summed E-state index contributed by atoms with van der Waals surface area (Å²) in [6, 6.07) is 19.1. The van der Waals surface area contributed by atoms with Gasteiger partial charge in [-0.25, -0.2) is 4.79 Å². The third-order valence-electron chi connectivity index (χ3n) is 9.33. The van der Waals surface area contributed by atoms with Crippen LogP contribution < -0.4 is 5.73 Å². The molecule has 3 aliphatic heterocycles. The average Bonchev–Trinajstić information content (AvgIpc) is 3.48. The number of esters is 2. The lowest BCUT2D eigenvalue weighted by Gasteiger charge is -2.47. The van der Waals surface area contributed by atoms with E-state index in [0.717, 1.165) is 12.8 Å². The second-order valence-corrected chi connectivity index (χ2v) is 12.4. The molecule has 7 heteroatoms. The lowest BCUT2D eigenvalue weighted by molar-refractivity contribution is -0.956. The van der Waals surface area contributed by atoms with Crippen molar-refractivity contribution < 1.29 is 28.3 Å². The number of nitrogens with two attached hydrogens (primary N) is 1. The molecule has 3 aliphatic rings. The van der Waals surface area contributed by atoms with Gasteiger partial charge in [0, 0.05) is 38.5 Å². The van der Waals surface area contributed by atoms with Crippen molar-refractivity contribution >= 4 is 11.9 Å². The summed E-state index contributed by atoms with van der Waals surface area (Å²) < 4.78 is 19.8. The van der Waals surface area contributed by atoms with Gasteiger partial charge in [0.25, 0.3) is 0 Å². The number of carbonyl (C=O) groups is 2. The highest BCUT2D eigenvalue weighted by atomic mass is 16.7. The molecule has 0 radical (unpaired) electrons. The van der Waals surface area contributed by atoms with Crippen LogP contribution in [0.2, 0.25) is 0 Å². The van der Waals surface area contributed by atoms with E-state index in [-0.39, 0.29) is 12.0 Å². The Morgan fingerprint density at radius 2 is 1.43 bits per heavy atom. The number of piperidine rings is 1. The van der Waals surface area contributed by atoms with Crippen molar-refractivity contribution in [3.63, 3.8) is 0 Å². The number of ether oxygens (including phenoxy) is 3. The first-order chi connectivity index (χ1) is 19.2. The maximum atomic E-state index is 14.5. The Morgan fingerprint density at radius 1 is 0.900 bits per heavy atom. The summed E-state index contributed by atoms with van der Waals surface area (Å²) in [7, 11) is 0. The molecule has 0 aromatic heterocycles. The van der Waals surface area contributed by atoms with E-state index in [1.165, 1.54) is 43.3 Å². The molecule has 1 spiro atoms. The van der Waals surface area contributed by atoms with Gasteiger partial charge < -0.3 is 24.4 Å². The molecular formula is C33H45N2O5+. The van der Waals surface area contributed by atoms with Crippen molar-refractivity contribution in [2.75, 3.05) is 13.1 Å². The molecule has 3 saturated heterocycles. The highest BCUT2D eigenvalue weighted by Gasteiger charge is 2.57. The molecule has 3 heterocycles. The van der Waals surface area contributed by atoms with Gasteiger partial charge in [0.1, 0.15) is 12.1 Å². The third-order valence-corrected chi connectivity index (χ3v) is 9.33. The summed E-state index contributed by atoms with van der Waals surface area (Å²) in [5.74, 6) is -0.777. The van der Waals surface area contributed by atoms with Crippen LogP contribution in [0.25, 0.3) is 0 Å². The Labute approximate surface area is 238 Å². The molecular weight excluding hydrogens is 504 g/mol. The standard InChI is InChI=1S/C33H45N2O5/c1-23(2)20-30(34)31(36)38-24(3)40-33(25-12-6-4-7-13-25,26-14-8-5-9-15-26)32(37)39-29-21-27-16-17-28(22-29)35(27)18-10-11-19-35/h4-9,12-15,23-24,27-30H,10-11,16-22,34H2,1-3H3/q+1/t24-,27?,28?,29?,30+/m1/s1. The van der Waals surface area contributed by atoms with Gasteiger partial charge in [0.05, 0.1) is 25.2 Å². The third kappa shape index (κ3) is 5.56. The zero-order valence-electron chi connectivity index (χ0n) is 24.2. The predicted octanol–water partition coefficient (Wildman–Crippen LogP) is 5.06. The largest absolute Gasteiger partial charge is 0.459 e. The number of rotatable bonds is 10. The van der Waals surface area contributed by atoms with Gasteiger partial charge in [-0.3, -0.25) is 4.79 Å².